The van der Waals surface area contributed by atoms with E-state index in [-0.39, 0.29) is 57.5 Å². The third-order valence-corrected chi connectivity index (χ3v) is 7.96. The molecule has 0 radical (unpaired) electrons. The van der Waals surface area contributed by atoms with Gasteiger partial charge >= 0.3 is 6.09 Å². The standard InChI is InChI=1S/C25H24N4O9S/c1-28-7-5-19(24(28)31)38-18-12-15(23(30)26-22-6-8-29(27-22)25(32)33)11-17(13-18)37-16-3-4-21-20(14-16)36-9-2-10-39(21,34)35/h3-4,6,8,11-14,19H,2,5,7,9-10H2,1H3,(H,32,33)(H,26,27,30)/t19-/m0/s1. The molecule has 3 heterocycles. The number of carboxylic acid groups (broad SMARTS) is 1. The number of hydrogen-bond acceptors (Lipinski definition) is 9. The number of anilines is 1. The summed E-state index contributed by atoms with van der Waals surface area (Å²) in [6.07, 6.45) is -0.0472. The topological polar surface area (TPSA) is 166 Å². The lowest BCUT2D eigenvalue weighted by molar-refractivity contribution is -0.132. The third-order valence-electron chi connectivity index (χ3n) is 6.13. The van der Waals surface area contributed by atoms with Gasteiger partial charge in [-0.15, -0.1) is 5.10 Å². The molecule has 0 unspecified atom stereocenters. The number of carbonyl (C=O) groups excluding carboxylic acids is 2. The quantitative estimate of drug-likeness (QED) is 0.461. The largest absolute Gasteiger partial charge is 0.492 e. The Bertz CT molecular complexity index is 1570. The predicted octanol–water partition coefficient (Wildman–Crippen LogP) is 2.62. The lowest BCUT2D eigenvalue weighted by atomic mass is 10.1. The van der Waals surface area contributed by atoms with E-state index < -0.39 is 27.9 Å². The highest BCUT2D eigenvalue weighted by molar-refractivity contribution is 7.91. The molecule has 0 spiro atoms. The van der Waals surface area contributed by atoms with E-state index in [2.05, 4.69) is 10.4 Å². The Morgan fingerprint density at radius 2 is 1.92 bits per heavy atom. The predicted molar refractivity (Wildman–Crippen MR) is 135 cm³/mol. The van der Waals surface area contributed by atoms with Crippen molar-refractivity contribution < 1.29 is 42.1 Å². The number of nitrogens with zero attached hydrogens (tertiary/aromatic N) is 3. The molecule has 0 aliphatic carbocycles. The fourth-order valence-corrected chi connectivity index (χ4v) is 5.60. The monoisotopic (exact) mass is 556 g/mol. The van der Waals surface area contributed by atoms with Crippen LogP contribution in [-0.2, 0) is 14.6 Å². The Morgan fingerprint density at radius 3 is 2.64 bits per heavy atom. The molecule has 3 aromatic rings. The van der Waals surface area contributed by atoms with Crippen LogP contribution in [0.5, 0.6) is 23.0 Å². The van der Waals surface area contributed by atoms with E-state index in [9.17, 15) is 22.8 Å². The zero-order valence-corrected chi connectivity index (χ0v) is 21.5. The number of rotatable bonds is 6. The molecule has 2 aliphatic rings. The second kappa shape index (κ2) is 10.3. The Hall–Kier alpha value is -4.59. The number of likely N-dealkylation sites (tertiary alicyclic amines) is 1. The maximum Gasteiger partial charge on any atom is 0.432 e. The van der Waals surface area contributed by atoms with Crippen molar-refractivity contribution in [3.8, 4) is 23.0 Å². The van der Waals surface area contributed by atoms with Gasteiger partial charge in [-0.25, -0.2) is 13.2 Å². The third kappa shape index (κ3) is 5.65. The van der Waals surface area contributed by atoms with Gasteiger partial charge in [0.15, 0.2) is 21.8 Å². The maximum absolute atomic E-state index is 13.0. The van der Waals surface area contributed by atoms with E-state index in [0.717, 1.165) is 0 Å². The van der Waals surface area contributed by atoms with E-state index >= 15 is 0 Å². The van der Waals surface area contributed by atoms with Crippen LogP contribution in [0.25, 0.3) is 0 Å². The molecule has 14 heteroatoms. The molecule has 1 fully saturated rings. The maximum atomic E-state index is 13.0. The Labute approximate surface area is 222 Å². The minimum atomic E-state index is -3.48. The van der Waals surface area contributed by atoms with Gasteiger partial charge in [0.05, 0.1) is 12.4 Å². The lowest BCUT2D eigenvalue weighted by Crippen LogP contribution is -2.29. The summed E-state index contributed by atoms with van der Waals surface area (Å²) in [7, 11) is -1.82. The molecule has 2 N–H and O–H groups in total. The molecule has 0 bridgehead atoms. The molecular formula is C25H24N4O9S. The van der Waals surface area contributed by atoms with Crippen molar-refractivity contribution in [3.05, 3.63) is 54.2 Å². The number of likely N-dealkylation sites (N-methyl/N-ethyl adjacent to an activating group) is 1. The van der Waals surface area contributed by atoms with Crippen LogP contribution in [0.2, 0.25) is 0 Å². The molecule has 39 heavy (non-hydrogen) atoms. The molecule has 2 amide bonds. The Kier molecular flexibility index (Phi) is 6.87. The number of fused-ring (bicyclic) bond motifs is 1. The number of nitrogens with one attached hydrogen (secondary N) is 1. The van der Waals surface area contributed by atoms with Crippen LogP contribution in [-0.4, -0.2) is 78.2 Å². The summed E-state index contributed by atoms with van der Waals surface area (Å²) in [5, 5.41) is 15.3. The molecule has 0 saturated carbocycles. The van der Waals surface area contributed by atoms with Gasteiger partial charge in [-0.3, -0.25) is 9.59 Å². The number of amides is 2. The van der Waals surface area contributed by atoms with Crippen molar-refractivity contribution in [3.63, 3.8) is 0 Å². The average molecular weight is 557 g/mol. The smallest absolute Gasteiger partial charge is 0.432 e. The second-order valence-electron chi connectivity index (χ2n) is 8.96. The summed E-state index contributed by atoms with van der Waals surface area (Å²) in [5.41, 5.74) is 0.0831. The average Bonchev–Trinajstić information content (AvgIpc) is 3.44. The zero-order chi connectivity index (χ0) is 27.7. The van der Waals surface area contributed by atoms with Crippen molar-refractivity contribution in [2.45, 2.75) is 23.8 Å². The number of carbonyl (C=O) groups is 3. The van der Waals surface area contributed by atoms with Crippen LogP contribution < -0.4 is 19.5 Å². The summed E-state index contributed by atoms with van der Waals surface area (Å²) >= 11 is 0. The van der Waals surface area contributed by atoms with Gasteiger partial charge in [0, 0.05) is 50.0 Å². The van der Waals surface area contributed by atoms with Gasteiger partial charge in [-0.05, 0) is 30.7 Å². The first kappa shape index (κ1) is 26.0. The van der Waals surface area contributed by atoms with Crippen molar-refractivity contribution in [2.75, 3.05) is 31.3 Å². The molecule has 13 nitrogen and oxygen atoms in total. The fourth-order valence-electron chi connectivity index (χ4n) is 4.18. The van der Waals surface area contributed by atoms with Crippen LogP contribution in [0.3, 0.4) is 0 Å². The van der Waals surface area contributed by atoms with Crippen LogP contribution in [0, 0.1) is 0 Å². The van der Waals surface area contributed by atoms with E-state index in [4.69, 9.17) is 19.3 Å². The van der Waals surface area contributed by atoms with Gasteiger partial charge in [-0.2, -0.15) is 4.68 Å². The first-order valence-electron chi connectivity index (χ1n) is 11.9. The summed E-state index contributed by atoms with van der Waals surface area (Å²) in [6.45, 7) is 0.766. The van der Waals surface area contributed by atoms with Crippen molar-refractivity contribution in [1.82, 2.24) is 14.7 Å². The highest BCUT2D eigenvalue weighted by Crippen LogP contribution is 2.35. The van der Waals surface area contributed by atoms with Gasteiger partial charge in [0.1, 0.15) is 27.9 Å². The molecule has 1 atom stereocenters. The van der Waals surface area contributed by atoms with Crippen LogP contribution in [0.1, 0.15) is 23.2 Å². The van der Waals surface area contributed by atoms with Crippen LogP contribution in [0.4, 0.5) is 10.6 Å². The van der Waals surface area contributed by atoms with Crippen molar-refractivity contribution in [2.24, 2.45) is 0 Å². The molecule has 204 valence electrons. The minimum Gasteiger partial charge on any atom is -0.492 e. The number of ether oxygens (including phenoxy) is 3. The number of benzene rings is 2. The zero-order valence-electron chi connectivity index (χ0n) is 20.7. The first-order valence-corrected chi connectivity index (χ1v) is 13.6. The normalized spacial score (nSPS) is 18.0. The van der Waals surface area contributed by atoms with E-state index in [1.54, 1.807) is 11.9 Å². The Balaban J connectivity index is 1.44. The summed E-state index contributed by atoms with van der Waals surface area (Å²) < 4.78 is 43.1. The van der Waals surface area contributed by atoms with Gasteiger partial charge in [-0.1, -0.05) is 0 Å². The molecule has 1 saturated heterocycles. The molecule has 5 rings (SSSR count). The first-order chi connectivity index (χ1) is 18.6. The number of aromatic nitrogens is 2. The summed E-state index contributed by atoms with van der Waals surface area (Å²) in [5.74, 6) is -0.0523. The van der Waals surface area contributed by atoms with Gasteiger partial charge in [0.2, 0.25) is 0 Å². The minimum absolute atomic E-state index is 0.00731. The van der Waals surface area contributed by atoms with Crippen molar-refractivity contribution >= 4 is 33.6 Å². The second-order valence-corrected chi connectivity index (χ2v) is 11.0. The van der Waals surface area contributed by atoms with Gasteiger partial charge < -0.3 is 29.5 Å². The summed E-state index contributed by atoms with van der Waals surface area (Å²) in [4.78, 5) is 38.1. The SMILES string of the molecule is CN1CC[C@H](Oc2cc(Oc3ccc4c(c3)OCCCS4(=O)=O)cc(C(=O)Nc3ccn(C(=O)O)n3)c2)C1=O. The van der Waals surface area contributed by atoms with Crippen LogP contribution in [0.15, 0.2) is 53.6 Å². The van der Waals surface area contributed by atoms with E-state index in [0.29, 0.717) is 24.1 Å². The fraction of sp³-hybridized carbons (Fsp3) is 0.280. The number of hydrogen-bond donors (Lipinski definition) is 2. The van der Waals surface area contributed by atoms with Crippen molar-refractivity contribution in [1.29, 1.82) is 0 Å². The molecular weight excluding hydrogens is 532 g/mol. The number of sulfone groups is 1. The molecule has 1 aromatic heterocycles. The molecule has 2 aliphatic heterocycles. The highest BCUT2D eigenvalue weighted by atomic mass is 32.2. The lowest BCUT2D eigenvalue weighted by Gasteiger charge is -2.16. The molecule has 2 aromatic carbocycles. The summed E-state index contributed by atoms with van der Waals surface area (Å²) in [6, 6.07) is 10.0. The van der Waals surface area contributed by atoms with E-state index in [1.165, 1.54) is 48.7 Å². The van der Waals surface area contributed by atoms with E-state index in [1.807, 2.05) is 0 Å². The van der Waals surface area contributed by atoms with Gasteiger partial charge in [0.25, 0.3) is 11.8 Å². The Morgan fingerprint density at radius 1 is 1.13 bits per heavy atom. The van der Waals surface area contributed by atoms with Crippen LogP contribution >= 0.6 is 0 Å². The highest BCUT2D eigenvalue weighted by Gasteiger charge is 2.31.